The molecule has 6 heteroatoms. The second kappa shape index (κ2) is 11.4. The van der Waals surface area contributed by atoms with E-state index in [2.05, 4.69) is 0 Å². The molecule has 0 saturated heterocycles. The van der Waals surface area contributed by atoms with Gasteiger partial charge in [-0.25, -0.2) is 0 Å². The van der Waals surface area contributed by atoms with Gasteiger partial charge >= 0.3 is 5.97 Å². The smallest absolute Gasteiger partial charge is 0.303 e. The molecule has 5 nitrogen and oxygen atoms in total. The van der Waals surface area contributed by atoms with Gasteiger partial charge < -0.3 is 21.1 Å². The topological polar surface area (TPSA) is 104 Å². The van der Waals surface area contributed by atoms with Crippen LogP contribution in [0.5, 0.6) is 0 Å². The van der Waals surface area contributed by atoms with E-state index in [0.29, 0.717) is 6.42 Å². The van der Waals surface area contributed by atoms with Crippen LogP contribution in [0, 0.1) is 0 Å². The van der Waals surface area contributed by atoms with E-state index in [4.69, 9.17) is 16.3 Å². The maximum Gasteiger partial charge on any atom is 0.303 e. The van der Waals surface area contributed by atoms with Gasteiger partial charge in [-0.05, 0) is 43.2 Å². The van der Waals surface area contributed by atoms with Crippen molar-refractivity contribution in [1.29, 1.82) is 0 Å². The predicted molar refractivity (Wildman–Crippen MR) is 92.9 cm³/mol. The van der Waals surface area contributed by atoms with Gasteiger partial charge in [0.25, 0.3) is 0 Å². The molecule has 5 N–H and O–H groups in total. The summed E-state index contributed by atoms with van der Waals surface area (Å²) in [5, 5.41) is 27.7. The first-order valence-corrected chi connectivity index (χ1v) is 7.40. The zero-order valence-electron chi connectivity index (χ0n) is 17.0. The highest BCUT2D eigenvalue weighted by Crippen LogP contribution is 2.14. The molecule has 132 valence electrons. The minimum atomic E-state index is -3.08. The van der Waals surface area contributed by atoms with Crippen molar-refractivity contribution in [2.45, 2.75) is 50.5 Å². The number of aliphatic carboxylic acids is 1. The Labute approximate surface area is 149 Å². The molecular formula is C17H28ClNO4. The minimum Gasteiger partial charge on any atom is -0.481 e. The van der Waals surface area contributed by atoms with Gasteiger partial charge in [-0.2, -0.15) is 0 Å². The molecular weight excluding hydrogens is 318 g/mol. The van der Waals surface area contributed by atoms with Gasteiger partial charge in [0.1, 0.15) is 0 Å². The Hall–Kier alpha value is -1.14. The molecule has 0 radical (unpaired) electrons. The molecule has 23 heavy (non-hydrogen) atoms. The number of hydrogen-bond acceptors (Lipinski definition) is 4. The summed E-state index contributed by atoms with van der Waals surface area (Å²) in [6, 6.07) is 7.41. The molecule has 0 amide bonds. The highest BCUT2D eigenvalue weighted by Gasteiger charge is 2.22. The van der Waals surface area contributed by atoms with Crippen molar-refractivity contribution in [3.8, 4) is 0 Å². The Morgan fingerprint density at radius 3 is 2.04 bits per heavy atom. The number of benzene rings is 1. The van der Waals surface area contributed by atoms with Gasteiger partial charge in [-0.1, -0.05) is 30.7 Å². The van der Waals surface area contributed by atoms with E-state index in [1.165, 1.54) is 0 Å². The van der Waals surface area contributed by atoms with Crippen LogP contribution in [-0.2, 0) is 17.6 Å². The van der Waals surface area contributed by atoms with Crippen LogP contribution in [0.4, 0.5) is 0 Å². The Morgan fingerprint density at radius 1 is 1.04 bits per heavy atom. The van der Waals surface area contributed by atoms with E-state index in [1.54, 1.807) is 0 Å². The lowest BCUT2D eigenvalue weighted by Crippen LogP contribution is -2.47. The van der Waals surface area contributed by atoms with Crippen LogP contribution < -0.4 is 5.73 Å². The van der Waals surface area contributed by atoms with Gasteiger partial charge in [0.15, 0.2) is 0 Å². The molecule has 1 aromatic rings. The SMILES string of the molecule is Cl.[2H]C([2H])(O)C(N)(CCc1ccc(CCCCCC(=O)O)cc1)C([2H])([2H])O. The molecule has 1 aromatic carbocycles. The normalized spacial score (nSPS) is 14.9. The van der Waals surface area contributed by atoms with Gasteiger partial charge in [-0.3, -0.25) is 4.79 Å². The largest absolute Gasteiger partial charge is 0.481 e. The first-order chi connectivity index (χ1) is 11.9. The monoisotopic (exact) mass is 349 g/mol. The number of unbranched alkanes of at least 4 members (excludes halogenated alkanes) is 2. The van der Waals surface area contributed by atoms with E-state index in [1.807, 2.05) is 24.3 Å². The number of rotatable bonds is 11. The third-order valence-electron chi connectivity index (χ3n) is 3.59. The second-order valence-electron chi connectivity index (χ2n) is 5.47. The minimum absolute atomic E-state index is 0. The zero-order chi connectivity index (χ0) is 20.0. The molecule has 0 bridgehead atoms. The van der Waals surface area contributed by atoms with Crippen molar-refractivity contribution >= 4 is 18.4 Å². The average Bonchev–Trinajstić information content (AvgIpc) is 2.51. The Balaban J connectivity index is 0.00000676. The van der Waals surface area contributed by atoms with Crippen molar-refractivity contribution < 1.29 is 25.6 Å². The number of aryl methyl sites for hydroxylation is 2. The van der Waals surface area contributed by atoms with Crippen molar-refractivity contribution in [1.82, 2.24) is 0 Å². The molecule has 1 rings (SSSR count). The van der Waals surface area contributed by atoms with Crippen molar-refractivity contribution in [3.05, 3.63) is 35.4 Å². The lowest BCUT2D eigenvalue weighted by molar-refractivity contribution is -0.137. The molecule has 0 saturated carbocycles. The van der Waals surface area contributed by atoms with Crippen LogP contribution in [0.2, 0.25) is 0 Å². The quantitative estimate of drug-likeness (QED) is 0.457. The highest BCUT2D eigenvalue weighted by molar-refractivity contribution is 5.85. The molecule has 0 fully saturated rings. The number of aliphatic hydroxyl groups is 2. The van der Waals surface area contributed by atoms with Gasteiger partial charge in [0.2, 0.25) is 0 Å². The maximum atomic E-state index is 10.4. The predicted octanol–water partition coefficient (Wildman–Crippen LogP) is 1.91. The van der Waals surface area contributed by atoms with E-state index in [9.17, 15) is 15.0 Å². The number of nitrogens with two attached hydrogens (primary N) is 1. The van der Waals surface area contributed by atoms with Crippen molar-refractivity contribution in [3.63, 3.8) is 0 Å². The lowest BCUT2D eigenvalue weighted by Gasteiger charge is -2.24. The Bertz CT molecular complexity index is 574. The summed E-state index contributed by atoms with van der Waals surface area (Å²) < 4.78 is 29.4. The van der Waals surface area contributed by atoms with Gasteiger partial charge in [-0.15, -0.1) is 12.4 Å². The standard InChI is InChI=1S/C17H27NO4.ClH/c18-17(12-19,13-20)11-10-15-8-6-14(7-9-15)4-2-1-3-5-16(21)22;/h6-9,19-20H,1-5,10-13,18H2,(H,21,22);1H/i12D2,13D2;. The number of carboxylic acid groups (broad SMARTS) is 1. The van der Waals surface area contributed by atoms with Crippen molar-refractivity contribution in [2.75, 3.05) is 13.1 Å². The molecule has 0 aliphatic carbocycles. The first kappa shape index (κ1) is 15.4. The first-order valence-electron chi connectivity index (χ1n) is 9.40. The lowest BCUT2D eigenvalue weighted by atomic mass is 9.93. The summed E-state index contributed by atoms with van der Waals surface area (Å²) in [6.45, 7) is -6.16. The van der Waals surface area contributed by atoms with Crippen LogP contribution in [0.25, 0.3) is 0 Å². The van der Waals surface area contributed by atoms with Crippen LogP contribution >= 0.6 is 12.4 Å². The third kappa shape index (κ3) is 8.91. The molecule has 0 spiro atoms. The third-order valence-corrected chi connectivity index (χ3v) is 3.59. The van der Waals surface area contributed by atoms with Crippen LogP contribution in [0.3, 0.4) is 0 Å². The summed E-state index contributed by atoms with van der Waals surface area (Å²) in [4.78, 5) is 10.4. The van der Waals surface area contributed by atoms with Crippen LogP contribution in [0.15, 0.2) is 24.3 Å². The Kier molecular flexibility index (Phi) is 7.63. The van der Waals surface area contributed by atoms with Crippen LogP contribution in [-0.4, -0.2) is 39.9 Å². The summed E-state index contributed by atoms with van der Waals surface area (Å²) in [5.74, 6) is -0.787. The zero-order valence-corrected chi connectivity index (χ0v) is 13.8. The number of hydrogen-bond donors (Lipinski definition) is 4. The average molecular weight is 350 g/mol. The van der Waals surface area contributed by atoms with Crippen LogP contribution in [0.1, 0.15) is 48.7 Å². The Morgan fingerprint density at radius 2 is 1.57 bits per heavy atom. The van der Waals surface area contributed by atoms with E-state index >= 15 is 0 Å². The summed E-state index contributed by atoms with van der Waals surface area (Å²) in [7, 11) is 0. The molecule has 0 heterocycles. The van der Waals surface area contributed by atoms with Gasteiger partial charge in [0.05, 0.1) is 24.1 Å². The molecule has 0 atom stereocenters. The second-order valence-corrected chi connectivity index (χ2v) is 5.47. The molecule has 0 unspecified atom stereocenters. The van der Waals surface area contributed by atoms with E-state index in [-0.39, 0.29) is 31.7 Å². The van der Waals surface area contributed by atoms with E-state index in [0.717, 1.165) is 30.4 Å². The van der Waals surface area contributed by atoms with E-state index < -0.39 is 24.6 Å². The number of halogens is 1. The summed E-state index contributed by atoms with van der Waals surface area (Å²) in [6.07, 6.45) is 3.27. The highest BCUT2D eigenvalue weighted by atomic mass is 35.5. The van der Waals surface area contributed by atoms with Crippen molar-refractivity contribution in [2.24, 2.45) is 5.73 Å². The molecule has 0 aliphatic rings. The molecule has 0 aliphatic heterocycles. The molecule has 0 aromatic heterocycles. The fourth-order valence-electron chi connectivity index (χ4n) is 2.13. The summed E-state index contributed by atoms with van der Waals surface area (Å²) >= 11 is 0. The fourth-order valence-corrected chi connectivity index (χ4v) is 2.13. The number of carboxylic acids is 1. The number of carbonyl (C=O) groups is 1. The fraction of sp³-hybridized carbons (Fsp3) is 0.588. The summed E-state index contributed by atoms with van der Waals surface area (Å²) in [5.41, 5.74) is 5.06. The van der Waals surface area contributed by atoms with Gasteiger partial charge in [0, 0.05) is 6.42 Å². The maximum absolute atomic E-state index is 10.4.